The van der Waals surface area contributed by atoms with Crippen LogP contribution >= 0.6 is 0 Å². The van der Waals surface area contributed by atoms with Crippen molar-refractivity contribution in [3.8, 4) is 0 Å². The maximum Gasteiger partial charge on any atom is 0.128 e. The van der Waals surface area contributed by atoms with Crippen molar-refractivity contribution < 1.29 is 0 Å². The second kappa shape index (κ2) is 5.88. The molecule has 1 aromatic rings. The van der Waals surface area contributed by atoms with Crippen LogP contribution in [0, 0.1) is 5.92 Å². The molecule has 2 heterocycles. The van der Waals surface area contributed by atoms with E-state index in [0.29, 0.717) is 6.04 Å². The van der Waals surface area contributed by atoms with Crippen molar-refractivity contribution in [3.63, 3.8) is 0 Å². The largest absolute Gasteiger partial charge is 0.354 e. The van der Waals surface area contributed by atoms with Crippen molar-refractivity contribution in [2.24, 2.45) is 11.7 Å². The van der Waals surface area contributed by atoms with Crippen LogP contribution < -0.4 is 10.6 Å². The summed E-state index contributed by atoms with van der Waals surface area (Å²) >= 11 is 0. The molecule has 19 heavy (non-hydrogen) atoms. The van der Waals surface area contributed by atoms with Crippen molar-refractivity contribution in [1.29, 1.82) is 0 Å². The Morgan fingerprint density at radius 2 is 2.00 bits per heavy atom. The van der Waals surface area contributed by atoms with Gasteiger partial charge in [-0.3, -0.25) is 4.90 Å². The van der Waals surface area contributed by atoms with Gasteiger partial charge in [0.1, 0.15) is 5.82 Å². The standard InChI is InChI=1S/C15H24N4/c16-12-14(13-4-3-5-13)18-8-10-19(11-9-18)15-6-1-2-7-17-15/h1-2,6-7,13-14H,3-5,8-12,16H2. The second-order valence-electron chi connectivity index (χ2n) is 5.70. The zero-order valence-corrected chi connectivity index (χ0v) is 11.5. The molecular weight excluding hydrogens is 236 g/mol. The molecule has 1 aromatic heterocycles. The summed E-state index contributed by atoms with van der Waals surface area (Å²) in [6, 6.07) is 6.74. The molecule has 4 nitrogen and oxygen atoms in total. The Hall–Kier alpha value is -1.13. The Balaban J connectivity index is 1.56. The Bertz CT molecular complexity index is 382. The Kier molecular flexibility index (Phi) is 3.99. The Morgan fingerprint density at radius 3 is 2.53 bits per heavy atom. The summed E-state index contributed by atoms with van der Waals surface area (Å²) in [6.45, 7) is 5.19. The van der Waals surface area contributed by atoms with Gasteiger partial charge in [0.25, 0.3) is 0 Å². The lowest BCUT2D eigenvalue weighted by atomic mass is 9.79. The molecule has 0 radical (unpaired) electrons. The fraction of sp³-hybridized carbons (Fsp3) is 0.667. The number of nitrogens with zero attached hydrogens (tertiary/aromatic N) is 3. The van der Waals surface area contributed by atoms with E-state index in [4.69, 9.17) is 5.73 Å². The van der Waals surface area contributed by atoms with Gasteiger partial charge in [-0.15, -0.1) is 0 Å². The van der Waals surface area contributed by atoms with Gasteiger partial charge in [0.2, 0.25) is 0 Å². The van der Waals surface area contributed by atoms with Crippen LogP contribution in [0.4, 0.5) is 5.82 Å². The zero-order valence-electron chi connectivity index (χ0n) is 11.5. The summed E-state index contributed by atoms with van der Waals surface area (Å²) in [4.78, 5) is 9.42. The summed E-state index contributed by atoms with van der Waals surface area (Å²) in [5.41, 5.74) is 5.99. The SMILES string of the molecule is NCC(C1CCC1)N1CCN(c2ccccn2)CC1. The molecule has 1 saturated heterocycles. The molecule has 0 bridgehead atoms. The maximum absolute atomic E-state index is 5.99. The van der Waals surface area contributed by atoms with E-state index in [0.717, 1.165) is 44.5 Å². The monoisotopic (exact) mass is 260 g/mol. The lowest BCUT2D eigenvalue weighted by Crippen LogP contribution is -2.55. The Morgan fingerprint density at radius 1 is 1.21 bits per heavy atom. The van der Waals surface area contributed by atoms with Crippen molar-refractivity contribution in [2.45, 2.75) is 25.3 Å². The van der Waals surface area contributed by atoms with Gasteiger partial charge in [-0.2, -0.15) is 0 Å². The number of hydrogen-bond donors (Lipinski definition) is 1. The van der Waals surface area contributed by atoms with Gasteiger partial charge in [0.05, 0.1) is 0 Å². The average Bonchev–Trinajstić information content (AvgIpc) is 2.44. The summed E-state index contributed by atoms with van der Waals surface area (Å²) in [5.74, 6) is 1.96. The first-order valence-corrected chi connectivity index (χ1v) is 7.48. The predicted molar refractivity (Wildman–Crippen MR) is 78.2 cm³/mol. The number of anilines is 1. The highest BCUT2D eigenvalue weighted by molar-refractivity contribution is 5.38. The van der Waals surface area contributed by atoms with Gasteiger partial charge in [-0.25, -0.2) is 4.98 Å². The van der Waals surface area contributed by atoms with Crippen LogP contribution in [0.1, 0.15) is 19.3 Å². The predicted octanol–water partition coefficient (Wildman–Crippen LogP) is 1.33. The van der Waals surface area contributed by atoms with Crippen LogP contribution in [0.3, 0.4) is 0 Å². The number of hydrogen-bond acceptors (Lipinski definition) is 4. The normalized spacial score (nSPS) is 23.1. The molecule has 0 spiro atoms. The van der Waals surface area contributed by atoms with Gasteiger partial charge in [0.15, 0.2) is 0 Å². The fourth-order valence-electron chi connectivity index (χ4n) is 3.29. The van der Waals surface area contributed by atoms with E-state index in [1.165, 1.54) is 19.3 Å². The summed E-state index contributed by atoms with van der Waals surface area (Å²) in [6.07, 6.45) is 6.03. The highest BCUT2D eigenvalue weighted by Crippen LogP contribution is 2.32. The topological polar surface area (TPSA) is 45.4 Å². The van der Waals surface area contributed by atoms with Gasteiger partial charge < -0.3 is 10.6 Å². The van der Waals surface area contributed by atoms with Gasteiger partial charge in [0, 0.05) is 45.0 Å². The third-order valence-electron chi connectivity index (χ3n) is 4.69. The van der Waals surface area contributed by atoms with E-state index >= 15 is 0 Å². The molecule has 2 N–H and O–H groups in total. The van der Waals surface area contributed by atoms with Crippen LogP contribution in [0.15, 0.2) is 24.4 Å². The number of piperazine rings is 1. The van der Waals surface area contributed by atoms with Crippen molar-refractivity contribution in [1.82, 2.24) is 9.88 Å². The summed E-state index contributed by atoms with van der Waals surface area (Å²) in [7, 11) is 0. The Labute approximate surface area is 115 Å². The molecule has 0 amide bonds. The first-order chi connectivity index (χ1) is 9.38. The summed E-state index contributed by atoms with van der Waals surface area (Å²) in [5, 5.41) is 0. The molecule has 4 heteroatoms. The molecule has 2 fully saturated rings. The fourth-order valence-corrected chi connectivity index (χ4v) is 3.29. The molecule has 1 saturated carbocycles. The molecule has 1 atom stereocenters. The molecule has 104 valence electrons. The van der Waals surface area contributed by atoms with Crippen LogP contribution in [0.25, 0.3) is 0 Å². The number of pyridine rings is 1. The third-order valence-corrected chi connectivity index (χ3v) is 4.69. The molecule has 1 unspecified atom stereocenters. The van der Waals surface area contributed by atoms with E-state index in [1.807, 2.05) is 12.3 Å². The lowest BCUT2D eigenvalue weighted by molar-refractivity contribution is 0.0949. The number of nitrogens with two attached hydrogens (primary N) is 1. The molecule has 2 aliphatic rings. The highest BCUT2D eigenvalue weighted by atomic mass is 15.3. The summed E-state index contributed by atoms with van der Waals surface area (Å²) < 4.78 is 0. The second-order valence-corrected chi connectivity index (χ2v) is 5.70. The smallest absolute Gasteiger partial charge is 0.128 e. The van der Waals surface area contributed by atoms with Crippen molar-refractivity contribution in [2.75, 3.05) is 37.6 Å². The minimum atomic E-state index is 0.611. The van der Waals surface area contributed by atoms with Crippen molar-refractivity contribution >= 4 is 5.82 Å². The minimum absolute atomic E-state index is 0.611. The zero-order chi connectivity index (χ0) is 13.1. The minimum Gasteiger partial charge on any atom is -0.354 e. The molecular formula is C15H24N4. The van der Waals surface area contributed by atoms with Gasteiger partial charge in [-0.05, 0) is 30.9 Å². The molecule has 1 aliphatic carbocycles. The van der Waals surface area contributed by atoms with E-state index in [2.05, 4.69) is 26.9 Å². The van der Waals surface area contributed by atoms with E-state index < -0.39 is 0 Å². The quantitative estimate of drug-likeness (QED) is 0.887. The average molecular weight is 260 g/mol. The molecule has 0 aromatic carbocycles. The number of rotatable bonds is 4. The van der Waals surface area contributed by atoms with Crippen molar-refractivity contribution in [3.05, 3.63) is 24.4 Å². The van der Waals surface area contributed by atoms with Gasteiger partial charge >= 0.3 is 0 Å². The van der Waals surface area contributed by atoms with E-state index in [9.17, 15) is 0 Å². The maximum atomic E-state index is 5.99. The van der Waals surface area contributed by atoms with E-state index in [-0.39, 0.29) is 0 Å². The molecule has 1 aliphatic heterocycles. The molecule has 3 rings (SSSR count). The lowest BCUT2D eigenvalue weighted by Gasteiger charge is -2.44. The first-order valence-electron chi connectivity index (χ1n) is 7.48. The van der Waals surface area contributed by atoms with Crippen LogP contribution in [-0.4, -0.2) is 48.6 Å². The van der Waals surface area contributed by atoms with Gasteiger partial charge in [-0.1, -0.05) is 12.5 Å². The van der Waals surface area contributed by atoms with E-state index in [1.54, 1.807) is 0 Å². The highest BCUT2D eigenvalue weighted by Gasteiger charge is 2.32. The van der Waals surface area contributed by atoms with Crippen LogP contribution in [0.2, 0.25) is 0 Å². The van der Waals surface area contributed by atoms with Crippen LogP contribution in [0.5, 0.6) is 0 Å². The third kappa shape index (κ3) is 2.74. The van der Waals surface area contributed by atoms with Crippen LogP contribution in [-0.2, 0) is 0 Å². The first kappa shape index (κ1) is 12.9. The number of aromatic nitrogens is 1.